The Balaban J connectivity index is 1.83. The zero-order valence-electron chi connectivity index (χ0n) is 9.93. The Kier molecular flexibility index (Phi) is 3.12. The number of nitriles is 1. The number of ether oxygens (including phenoxy) is 1. The largest absolute Gasteiger partial charge is 0.439 e. The summed E-state index contributed by atoms with van der Waals surface area (Å²) in [5.41, 5.74) is 0.914. The van der Waals surface area contributed by atoms with Crippen molar-refractivity contribution in [1.82, 2.24) is 14.7 Å². The molecule has 6 heteroatoms. The van der Waals surface area contributed by atoms with Gasteiger partial charge in [0, 0.05) is 23.9 Å². The minimum absolute atomic E-state index is 0.560. The molecule has 0 atom stereocenters. The molecule has 5 nitrogen and oxygen atoms in total. The van der Waals surface area contributed by atoms with Crippen molar-refractivity contribution in [2.75, 3.05) is 5.88 Å². The van der Waals surface area contributed by atoms with Crippen molar-refractivity contribution in [3.8, 4) is 17.6 Å². The lowest BCUT2D eigenvalue weighted by Gasteiger charge is -2.13. The summed E-state index contributed by atoms with van der Waals surface area (Å²) >= 11 is 1.53. The molecule has 2 aromatic rings. The molecule has 0 spiro atoms. The van der Waals surface area contributed by atoms with Crippen LogP contribution in [0.4, 0.5) is 0 Å². The minimum atomic E-state index is 0.560. The number of aromatic nitrogens is 2. The summed E-state index contributed by atoms with van der Waals surface area (Å²) in [6.07, 6.45) is 5.67. The van der Waals surface area contributed by atoms with Crippen LogP contribution in [0.5, 0.6) is 5.75 Å². The van der Waals surface area contributed by atoms with E-state index in [1.807, 2.05) is 41.9 Å². The molecule has 1 aromatic heterocycles. The summed E-state index contributed by atoms with van der Waals surface area (Å²) in [6, 6.07) is 9.44. The van der Waals surface area contributed by atoms with Gasteiger partial charge in [-0.3, -0.25) is 0 Å². The van der Waals surface area contributed by atoms with Crippen LogP contribution in [-0.2, 0) is 0 Å². The van der Waals surface area contributed by atoms with Crippen molar-refractivity contribution < 1.29 is 4.74 Å². The Labute approximate surface area is 114 Å². The SMILES string of the molecule is N#CN1CSC=C1Oc1cccc(-n2cccn2)c1. The van der Waals surface area contributed by atoms with Crippen LogP contribution >= 0.6 is 11.8 Å². The third-order valence-electron chi connectivity index (χ3n) is 2.58. The van der Waals surface area contributed by atoms with Crippen molar-refractivity contribution in [3.63, 3.8) is 0 Å². The maximum absolute atomic E-state index is 8.95. The molecule has 0 bridgehead atoms. The van der Waals surface area contributed by atoms with Gasteiger partial charge >= 0.3 is 0 Å². The van der Waals surface area contributed by atoms with Crippen LogP contribution in [0.15, 0.2) is 54.0 Å². The van der Waals surface area contributed by atoms with Crippen LogP contribution in [0.2, 0.25) is 0 Å². The number of rotatable bonds is 3. The van der Waals surface area contributed by atoms with Gasteiger partial charge < -0.3 is 4.74 Å². The molecule has 0 amide bonds. The van der Waals surface area contributed by atoms with Crippen LogP contribution in [0.25, 0.3) is 5.69 Å². The van der Waals surface area contributed by atoms with Crippen LogP contribution < -0.4 is 4.74 Å². The van der Waals surface area contributed by atoms with Gasteiger partial charge in [0.1, 0.15) is 5.75 Å². The molecule has 1 aliphatic heterocycles. The van der Waals surface area contributed by atoms with Gasteiger partial charge in [-0.1, -0.05) is 6.07 Å². The van der Waals surface area contributed by atoms with Crippen LogP contribution in [0, 0.1) is 11.5 Å². The van der Waals surface area contributed by atoms with E-state index in [-0.39, 0.29) is 0 Å². The standard InChI is InChI=1S/C13H10N4OS/c14-9-16-10-19-8-13(16)18-12-4-1-3-11(7-12)17-6-2-5-15-17/h1-8H,10H2. The van der Waals surface area contributed by atoms with E-state index in [0.717, 1.165) is 5.69 Å². The highest BCUT2D eigenvalue weighted by Crippen LogP contribution is 2.26. The summed E-state index contributed by atoms with van der Waals surface area (Å²) in [6.45, 7) is 0. The monoisotopic (exact) mass is 270 g/mol. The number of hydrogen-bond acceptors (Lipinski definition) is 5. The summed E-state index contributed by atoms with van der Waals surface area (Å²) < 4.78 is 7.48. The molecule has 0 unspecified atom stereocenters. The zero-order valence-corrected chi connectivity index (χ0v) is 10.7. The minimum Gasteiger partial charge on any atom is -0.439 e. The van der Waals surface area contributed by atoms with Gasteiger partial charge in [0.05, 0.1) is 11.6 Å². The Morgan fingerprint density at radius 3 is 3.11 bits per heavy atom. The molecule has 2 heterocycles. The summed E-state index contributed by atoms with van der Waals surface area (Å²) in [5.74, 6) is 1.84. The average molecular weight is 270 g/mol. The first-order valence-electron chi connectivity index (χ1n) is 5.64. The van der Waals surface area contributed by atoms with E-state index in [0.29, 0.717) is 17.5 Å². The molecule has 1 aliphatic rings. The lowest BCUT2D eigenvalue weighted by atomic mass is 10.3. The van der Waals surface area contributed by atoms with E-state index in [1.54, 1.807) is 10.9 Å². The van der Waals surface area contributed by atoms with Gasteiger partial charge in [-0.25, -0.2) is 9.58 Å². The topological polar surface area (TPSA) is 54.1 Å². The molecule has 0 saturated heterocycles. The zero-order chi connectivity index (χ0) is 13.1. The fourth-order valence-corrected chi connectivity index (χ4v) is 2.43. The van der Waals surface area contributed by atoms with E-state index in [4.69, 9.17) is 10.00 Å². The lowest BCUT2D eigenvalue weighted by Crippen LogP contribution is -2.15. The van der Waals surface area contributed by atoms with Crippen molar-refractivity contribution >= 4 is 11.8 Å². The molecule has 3 rings (SSSR count). The van der Waals surface area contributed by atoms with Crippen molar-refractivity contribution in [3.05, 3.63) is 54.0 Å². The molecular weight excluding hydrogens is 260 g/mol. The number of nitrogens with zero attached hydrogens (tertiary/aromatic N) is 4. The first kappa shape index (κ1) is 11.7. The normalized spacial score (nSPS) is 14.1. The number of thioether (sulfide) groups is 1. The van der Waals surface area contributed by atoms with E-state index in [9.17, 15) is 0 Å². The highest BCUT2D eigenvalue weighted by molar-refractivity contribution is 8.02. The van der Waals surface area contributed by atoms with Gasteiger partial charge in [-0.2, -0.15) is 10.4 Å². The predicted molar refractivity (Wildman–Crippen MR) is 72.2 cm³/mol. The third-order valence-corrected chi connectivity index (χ3v) is 3.36. The number of hydrogen-bond donors (Lipinski definition) is 0. The van der Waals surface area contributed by atoms with Crippen LogP contribution in [-0.4, -0.2) is 20.6 Å². The maximum atomic E-state index is 8.95. The van der Waals surface area contributed by atoms with E-state index in [1.165, 1.54) is 16.7 Å². The third kappa shape index (κ3) is 2.41. The molecule has 19 heavy (non-hydrogen) atoms. The molecule has 94 valence electrons. The second-order valence-electron chi connectivity index (χ2n) is 3.83. The van der Waals surface area contributed by atoms with Crippen LogP contribution in [0.1, 0.15) is 0 Å². The molecule has 0 radical (unpaired) electrons. The van der Waals surface area contributed by atoms with Gasteiger partial charge in [0.2, 0.25) is 5.88 Å². The predicted octanol–water partition coefficient (Wildman–Crippen LogP) is 2.54. The first-order chi connectivity index (χ1) is 9.36. The Bertz CT molecular complexity index is 645. The quantitative estimate of drug-likeness (QED) is 0.802. The smallest absolute Gasteiger partial charge is 0.216 e. The Morgan fingerprint density at radius 1 is 1.37 bits per heavy atom. The lowest BCUT2D eigenvalue weighted by molar-refractivity contribution is 0.308. The van der Waals surface area contributed by atoms with E-state index >= 15 is 0 Å². The Hall–Kier alpha value is -2.39. The van der Waals surface area contributed by atoms with Gasteiger partial charge in [0.15, 0.2) is 6.19 Å². The maximum Gasteiger partial charge on any atom is 0.216 e. The number of benzene rings is 1. The molecular formula is C13H10N4OS. The average Bonchev–Trinajstić information content (AvgIpc) is 3.10. The van der Waals surface area contributed by atoms with Crippen molar-refractivity contribution in [1.29, 1.82) is 5.26 Å². The summed E-state index contributed by atoms with van der Waals surface area (Å²) in [7, 11) is 0. The molecule has 0 N–H and O–H groups in total. The summed E-state index contributed by atoms with van der Waals surface area (Å²) in [5, 5.41) is 15.0. The highest BCUT2D eigenvalue weighted by atomic mass is 32.2. The van der Waals surface area contributed by atoms with Gasteiger partial charge in [-0.15, -0.1) is 11.8 Å². The second kappa shape index (κ2) is 5.08. The fraction of sp³-hybridized carbons (Fsp3) is 0.0769. The van der Waals surface area contributed by atoms with E-state index < -0.39 is 0 Å². The molecule has 0 saturated carbocycles. The molecule has 0 fully saturated rings. The fourth-order valence-electron chi connectivity index (χ4n) is 1.70. The Morgan fingerprint density at radius 2 is 2.32 bits per heavy atom. The van der Waals surface area contributed by atoms with Gasteiger partial charge in [0.25, 0.3) is 0 Å². The van der Waals surface area contributed by atoms with E-state index in [2.05, 4.69) is 11.3 Å². The summed E-state index contributed by atoms with van der Waals surface area (Å²) in [4.78, 5) is 1.51. The van der Waals surface area contributed by atoms with Crippen molar-refractivity contribution in [2.24, 2.45) is 0 Å². The second-order valence-corrected chi connectivity index (χ2v) is 4.66. The van der Waals surface area contributed by atoms with Crippen molar-refractivity contribution in [2.45, 2.75) is 0 Å². The molecule has 1 aromatic carbocycles. The highest BCUT2D eigenvalue weighted by Gasteiger charge is 2.17. The van der Waals surface area contributed by atoms with Gasteiger partial charge in [-0.05, 0) is 18.2 Å². The van der Waals surface area contributed by atoms with Crippen LogP contribution in [0.3, 0.4) is 0 Å². The molecule has 0 aliphatic carbocycles. The first-order valence-corrected chi connectivity index (χ1v) is 6.69.